The van der Waals surface area contributed by atoms with E-state index in [1.54, 1.807) is 0 Å². The van der Waals surface area contributed by atoms with Crippen molar-refractivity contribution < 1.29 is 21.7 Å². The van der Waals surface area contributed by atoms with Crippen LogP contribution >= 0.6 is 24.8 Å². The predicted octanol–water partition coefficient (Wildman–Crippen LogP) is 6.90. The van der Waals surface area contributed by atoms with Gasteiger partial charge in [0.25, 0.3) is 0 Å². The van der Waals surface area contributed by atoms with Crippen LogP contribution in [0.5, 0.6) is 0 Å². The Bertz CT molecular complexity index is 234. The Morgan fingerprint density at radius 1 is 1.00 bits per heavy atom. The Morgan fingerprint density at radius 2 is 1.42 bits per heavy atom. The summed E-state index contributed by atoms with van der Waals surface area (Å²) in [5.74, 6) is 1.42. The second-order valence-electron chi connectivity index (χ2n) is 3.89. The van der Waals surface area contributed by atoms with Crippen molar-refractivity contribution in [2.24, 2.45) is 0 Å². The number of hydrogen-bond donors (Lipinski definition) is 1. The van der Waals surface area contributed by atoms with E-state index in [0.717, 1.165) is 15.9 Å². The Labute approximate surface area is 185 Å². The summed E-state index contributed by atoms with van der Waals surface area (Å²) >= 11 is 0. The molecule has 0 aliphatic heterocycles. The second-order valence-corrected chi connectivity index (χ2v) is 5.05. The van der Waals surface area contributed by atoms with E-state index >= 15 is 0 Å². The molecule has 0 atom stereocenters. The SMILES string of the molecule is C[C-](C)C.C[SiH]C.Cl.Cl.[C-]1=CC=CC1.[CH3-].[CH3-].[CH3-].[CH3-].[Ti].[c-]1ccc[nH]1. The number of allylic oxidation sites excluding steroid dienone is 4. The second kappa shape index (κ2) is 56.7. The summed E-state index contributed by atoms with van der Waals surface area (Å²) < 4.78 is 0. The molecule has 5 heteroatoms. The van der Waals surface area contributed by atoms with Gasteiger partial charge >= 0.3 is 0 Å². The summed E-state index contributed by atoms with van der Waals surface area (Å²) in [7, 11) is 0.750. The van der Waals surface area contributed by atoms with Crippen LogP contribution in [0.4, 0.5) is 0 Å². The van der Waals surface area contributed by atoms with Gasteiger partial charge in [0.2, 0.25) is 0 Å². The molecule has 1 aliphatic rings. The summed E-state index contributed by atoms with van der Waals surface area (Å²) in [5, 5.41) is 0. The Kier molecular flexibility index (Phi) is 133. The van der Waals surface area contributed by atoms with Crippen molar-refractivity contribution in [2.45, 2.75) is 40.3 Å². The van der Waals surface area contributed by atoms with E-state index in [1.165, 1.54) is 5.92 Å². The molecule has 1 heterocycles. The molecular formula is C19H39Cl2NSiTi-7. The van der Waals surface area contributed by atoms with Crippen molar-refractivity contribution in [1.82, 2.24) is 4.98 Å². The molecule has 0 amide bonds. The van der Waals surface area contributed by atoms with Crippen LogP contribution in [0.25, 0.3) is 0 Å². The van der Waals surface area contributed by atoms with Crippen LogP contribution < -0.4 is 0 Å². The van der Waals surface area contributed by atoms with Crippen LogP contribution in [0.15, 0.2) is 36.6 Å². The number of aromatic amines is 1. The van der Waals surface area contributed by atoms with Crippen molar-refractivity contribution in [1.29, 1.82) is 0 Å². The van der Waals surface area contributed by atoms with Crippen LogP contribution in [0.1, 0.15) is 27.2 Å². The van der Waals surface area contributed by atoms with Crippen molar-refractivity contribution >= 4 is 34.3 Å². The van der Waals surface area contributed by atoms with Crippen molar-refractivity contribution in [2.75, 3.05) is 0 Å². The van der Waals surface area contributed by atoms with Crippen LogP contribution in [0, 0.1) is 47.9 Å². The third-order valence-electron chi connectivity index (χ3n) is 1.03. The average Bonchev–Trinajstić information content (AvgIpc) is 2.98. The van der Waals surface area contributed by atoms with Gasteiger partial charge in [-0.25, -0.2) is 12.2 Å². The Morgan fingerprint density at radius 3 is 1.50 bits per heavy atom. The van der Waals surface area contributed by atoms with E-state index < -0.39 is 0 Å². The molecule has 1 aromatic heterocycles. The van der Waals surface area contributed by atoms with Crippen molar-refractivity contribution in [3.8, 4) is 0 Å². The van der Waals surface area contributed by atoms with Crippen LogP contribution in [0.2, 0.25) is 13.1 Å². The van der Waals surface area contributed by atoms with Crippen LogP contribution in [0.3, 0.4) is 0 Å². The normalized spacial score (nSPS) is 7.58. The first-order chi connectivity index (χ1) is 8.15. The number of aromatic nitrogens is 1. The first-order valence-electron chi connectivity index (χ1n) is 5.87. The van der Waals surface area contributed by atoms with Crippen molar-refractivity contribution in [3.05, 3.63) is 84.5 Å². The van der Waals surface area contributed by atoms with Gasteiger partial charge in [-0.05, 0) is 0 Å². The third-order valence-corrected chi connectivity index (χ3v) is 1.03. The fraction of sp³-hybridized carbons (Fsp3) is 0.316. The van der Waals surface area contributed by atoms with E-state index in [-0.39, 0.29) is 76.2 Å². The summed E-state index contributed by atoms with van der Waals surface area (Å²) in [4.78, 5) is 2.74. The molecule has 1 N–H and O–H groups in total. The number of nitrogens with one attached hydrogen (secondary N) is 1. The van der Waals surface area contributed by atoms with E-state index in [2.05, 4.69) is 57.2 Å². The molecule has 1 aliphatic carbocycles. The Balaban J connectivity index is -0.0000000165. The number of halogens is 2. The van der Waals surface area contributed by atoms with Gasteiger partial charge in [0.05, 0.1) is 0 Å². The zero-order chi connectivity index (χ0) is 13.4. The van der Waals surface area contributed by atoms with Gasteiger partial charge in [-0.2, -0.15) is 45.2 Å². The minimum atomic E-state index is 0. The predicted molar refractivity (Wildman–Crippen MR) is 120 cm³/mol. The van der Waals surface area contributed by atoms with Gasteiger partial charge in [-0.1, -0.05) is 13.1 Å². The molecular weight excluding hydrogens is 389 g/mol. The maximum Gasteiger partial charge on any atom is 0.0213 e. The first kappa shape index (κ1) is 56.4. The number of H-pyrrole nitrogens is 1. The van der Waals surface area contributed by atoms with Crippen LogP contribution in [-0.4, -0.2) is 14.5 Å². The molecule has 1 radical (unpaired) electrons. The van der Waals surface area contributed by atoms with Crippen molar-refractivity contribution in [3.63, 3.8) is 0 Å². The first-order valence-corrected chi connectivity index (χ1v) is 8.18. The molecule has 0 aromatic carbocycles. The monoisotopic (exact) mass is 427 g/mol. The molecule has 0 saturated carbocycles. The van der Waals surface area contributed by atoms with E-state index in [0.29, 0.717) is 0 Å². The van der Waals surface area contributed by atoms with E-state index in [1.807, 2.05) is 30.5 Å². The molecule has 1 aromatic rings. The molecule has 0 bridgehead atoms. The quantitative estimate of drug-likeness (QED) is 0.342. The van der Waals surface area contributed by atoms with Gasteiger partial charge in [-0.3, -0.25) is 6.08 Å². The van der Waals surface area contributed by atoms with Gasteiger partial charge in [0.1, 0.15) is 0 Å². The zero-order valence-electron chi connectivity index (χ0n) is 17.1. The van der Waals surface area contributed by atoms with Gasteiger partial charge < -0.3 is 40.6 Å². The minimum absolute atomic E-state index is 0. The fourth-order valence-corrected chi connectivity index (χ4v) is 0.581. The minimum Gasteiger partial charge on any atom is -0.484 e. The Hall–Kier alpha value is 0.271. The molecule has 0 spiro atoms. The average molecular weight is 428 g/mol. The maximum absolute atomic E-state index is 2.99. The molecule has 24 heavy (non-hydrogen) atoms. The summed E-state index contributed by atoms with van der Waals surface area (Å²) in [5.41, 5.74) is 0. The fourth-order valence-electron chi connectivity index (χ4n) is 0.581. The summed E-state index contributed by atoms with van der Waals surface area (Å²) in [6, 6.07) is 3.71. The van der Waals surface area contributed by atoms with Crippen LogP contribution in [-0.2, 0) is 21.7 Å². The smallest absolute Gasteiger partial charge is 0.0213 e. The van der Waals surface area contributed by atoms with Gasteiger partial charge in [0.15, 0.2) is 0 Å². The molecule has 2 rings (SSSR count). The van der Waals surface area contributed by atoms with E-state index in [9.17, 15) is 0 Å². The maximum atomic E-state index is 2.99. The number of hydrogen-bond acceptors (Lipinski definition) is 0. The van der Waals surface area contributed by atoms with Gasteiger partial charge in [0, 0.05) is 31.2 Å². The standard InChI is InChI=1S/C5H5.C4H4N.C4H9.C2H7Si.4CH3.2ClH.Ti/c2*1-2-4-5-3-1;1-4(2)3;1-3-2;;;;;;;/h1-3H,4H2;1-3,5H;1-3H3;3H,1-2H3;4*1H3;2*1H;/q3*-1;;4*-1;;;. The third kappa shape index (κ3) is 95.5. The molecule has 1 nitrogen and oxygen atoms in total. The molecule has 0 fully saturated rings. The molecule has 0 unspecified atom stereocenters. The number of rotatable bonds is 0. The van der Waals surface area contributed by atoms with E-state index in [4.69, 9.17) is 0 Å². The largest absolute Gasteiger partial charge is 0.484 e. The zero-order valence-corrected chi connectivity index (χ0v) is 21.4. The molecule has 0 saturated heterocycles. The summed E-state index contributed by atoms with van der Waals surface area (Å²) in [6.07, 6.45) is 14.6. The van der Waals surface area contributed by atoms with Gasteiger partial charge in [-0.15, -0.1) is 37.4 Å². The topological polar surface area (TPSA) is 15.8 Å². The summed E-state index contributed by atoms with van der Waals surface area (Å²) in [6.45, 7) is 10.7. The molecule has 149 valence electrons.